The summed E-state index contributed by atoms with van der Waals surface area (Å²) in [7, 11) is 0. The summed E-state index contributed by atoms with van der Waals surface area (Å²) in [5.74, 6) is 0.572. The number of hydrogen-bond donors (Lipinski definition) is 0. The van der Waals surface area contributed by atoms with E-state index in [0.717, 1.165) is 17.4 Å². The lowest BCUT2D eigenvalue weighted by Crippen LogP contribution is -1.82. The maximum Gasteiger partial charge on any atom is 0.147 e. The number of halogens is 1. The number of nitrogens with zero attached hydrogens (tertiary/aromatic N) is 1. The maximum absolute atomic E-state index is 9.07. The molecule has 0 unspecified atom stereocenters. The number of rotatable bonds is 3. The van der Waals surface area contributed by atoms with Gasteiger partial charge >= 0.3 is 0 Å². The number of benzene rings is 1. The Morgan fingerprint density at radius 1 is 1.39 bits per heavy atom. The molecular formula is C15H14ClNO. The van der Waals surface area contributed by atoms with Gasteiger partial charge in [0.1, 0.15) is 11.3 Å². The van der Waals surface area contributed by atoms with Crippen LogP contribution in [0.15, 0.2) is 34.3 Å². The molecule has 0 fully saturated rings. The fourth-order valence-corrected chi connectivity index (χ4v) is 2.11. The molecule has 0 radical (unpaired) electrons. The minimum atomic E-state index is 0.424. The van der Waals surface area contributed by atoms with Crippen LogP contribution in [0.1, 0.15) is 31.1 Å². The van der Waals surface area contributed by atoms with Crippen molar-refractivity contribution in [2.75, 3.05) is 0 Å². The SMILES string of the molecule is CCCC(C#N)=C(Cl)c1cc2cc(C)ccc2o1. The first-order valence-corrected chi connectivity index (χ1v) is 6.32. The lowest BCUT2D eigenvalue weighted by atomic mass is 10.1. The molecule has 18 heavy (non-hydrogen) atoms. The van der Waals surface area contributed by atoms with E-state index in [-0.39, 0.29) is 0 Å². The minimum Gasteiger partial charge on any atom is -0.455 e. The zero-order chi connectivity index (χ0) is 13.1. The van der Waals surface area contributed by atoms with Crippen molar-refractivity contribution in [3.05, 3.63) is 41.2 Å². The molecule has 0 spiro atoms. The van der Waals surface area contributed by atoms with Gasteiger partial charge < -0.3 is 4.42 Å². The second-order valence-electron chi connectivity index (χ2n) is 4.31. The molecule has 0 aliphatic carbocycles. The fourth-order valence-electron chi connectivity index (χ4n) is 1.88. The van der Waals surface area contributed by atoms with Gasteiger partial charge in [-0.3, -0.25) is 0 Å². The van der Waals surface area contributed by atoms with E-state index in [2.05, 4.69) is 6.07 Å². The van der Waals surface area contributed by atoms with Crippen molar-refractivity contribution in [2.24, 2.45) is 0 Å². The molecule has 3 heteroatoms. The maximum atomic E-state index is 9.07. The molecule has 0 N–H and O–H groups in total. The highest BCUT2D eigenvalue weighted by Gasteiger charge is 2.11. The lowest BCUT2D eigenvalue weighted by molar-refractivity contribution is 0.602. The van der Waals surface area contributed by atoms with Crippen LogP contribution in [0.3, 0.4) is 0 Å². The Bertz CT molecular complexity index is 646. The average molecular weight is 260 g/mol. The Labute approximate surface area is 111 Å². The second-order valence-corrected chi connectivity index (χ2v) is 4.68. The number of furan rings is 1. The zero-order valence-corrected chi connectivity index (χ0v) is 11.2. The predicted octanol–water partition coefficient (Wildman–Crippen LogP) is 5.01. The van der Waals surface area contributed by atoms with Gasteiger partial charge in [0.05, 0.1) is 16.7 Å². The summed E-state index contributed by atoms with van der Waals surface area (Å²) in [6.07, 6.45) is 1.56. The van der Waals surface area contributed by atoms with Crippen LogP contribution in [0, 0.1) is 18.3 Å². The molecule has 2 nitrogen and oxygen atoms in total. The summed E-state index contributed by atoms with van der Waals surface area (Å²) in [6.45, 7) is 4.05. The number of nitriles is 1. The van der Waals surface area contributed by atoms with Gasteiger partial charge in [-0.2, -0.15) is 5.26 Å². The summed E-state index contributed by atoms with van der Waals surface area (Å²) < 4.78 is 5.67. The van der Waals surface area contributed by atoms with Gasteiger partial charge in [-0.15, -0.1) is 0 Å². The minimum absolute atomic E-state index is 0.424. The Morgan fingerprint density at radius 3 is 2.83 bits per heavy atom. The van der Waals surface area contributed by atoms with Crippen LogP contribution in [0.25, 0.3) is 16.0 Å². The molecule has 0 aliphatic heterocycles. The third-order valence-corrected chi connectivity index (χ3v) is 3.20. The Balaban J connectivity index is 2.51. The van der Waals surface area contributed by atoms with Crippen molar-refractivity contribution in [1.82, 2.24) is 0 Å². The monoisotopic (exact) mass is 259 g/mol. The predicted molar refractivity (Wildman–Crippen MR) is 74.2 cm³/mol. The first-order valence-electron chi connectivity index (χ1n) is 5.95. The molecule has 92 valence electrons. The van der Waals surface area contributed by atoms with E-state index < -0.39 is 0 Å². The Kier molecular flexibility index (Phi) is 3.74. The normalized spacial score (nSPS) is 12.3. The van der Waals surface area contributed by atoms with Crippen LogP contribution in [0.4, 0.5) is 0 Å². The van der Waals surface area contributed by atoms with Gasteiger partial charge in [0.15, 0.2) is 0 Å². The summed E-state index contributed by atoms with van der Waals surface area (Å²) in [6, 6.07) is 9.98. The van der Waals surface area contributed by atoms with Crippen LogP contribution in [-0.4, -0.2) is 0 Å². The van der Waals surface area contributed by atoms with Crippen LogP contribution in [-0.2, 0) is 0 Å². The second kappa shape index (κ2) is 5.29. The molecule has 0 aliphatic rings. The van der Waals surface area contributed by atoms with Crippen LogP contribution < -0.4 is 0 Å². The topological polar surface area (TPSA) is 36.9 Å². The quantitative estimate of drug-likeness (QED) is 0.726. The highest BCUT2D eigenvalue weighted by molar-refractivity contribution is 6.49. The Hall–Kier alpha value is -1.72. The molecule has 0 atom stereocenters. The van der Waals surface area contributed by atoms with Crippen molar-refractivity contribution in [3.63, 3.8) is 0 Å². The molecule has 2 rings (SSSR count). The largest absolute Gasteiger partial charge is 0.455 e. The fraction of sp³-hybridized carbons (Fsp3) is 0.267. The molecule has 0 saturated heterocycles. The van der Waals surface area contributed by atoms with Gasteiger partial charge in [-0.25, -0.2) is 0 Å². The summed E-state index contributed by atoms with van der Waals surface area (Å²) in [4.78, 5) is 0. The first-order chi connectivity index (χ1) is 8.65. The molecule has 0 amide bonds. The van der Waals surface area contributed by atoms with E-state index in [9.17, 15) is 0 Å². The van der Waals surface area contributed by atoms with E-state index in [1.807, 2.05) is 38.1 Å². The van der Waals surface area contributed by atoms with Crippen molar-refractivity contribution in [3.8, 4) is 6.07 Å². The van der Waals surface area contributed by atoms with Crippen molar-refractivity contribution >= 4 is 27.6 Å². The van der Waals surface area contributed by atoms with E-state index in [0.29, 0.717) is 22.8 Å². The van der Waals surface area contributed by atoms with E-state index in [1.165, 1.54) is 5.56 Å². The molecule has 1 aromatic heterocycles. The van der Waals surface area contributed by atoms with Crippen molar-refractivity contribution < 1.29 is 4.42 Å². The van der Waals surface area contributed by atoms with Crippen molar-refractivity contribution in [2.45, 2.75) is 26.7 Å². The van der Waals surface area contributed by atoms with Gasteiger partial charge in [-0.05, 0) is 31.5 Å². The van der Waals surface area contributed by atoms with Crippen molar-refractivity contribution in [1.29, 1.82) is 5.26 Å². The third kappa shape index (κ3) is 2.42. The average Bonchev–Trinajstić information content (AvgIpc) is 2.77. The van der Waals surface area contributed by atoms with Crippen LogP contribution in [0.5, 0.6) is 0 Å². The van der Waals surface area contributed by atoms with Gasteiger partial charge in [0, 0.05) is 5.39 Å². The number of allylic oxidation sites excluding steroid dienone is 1. The van der Waals surface area contributed by atoms with Crippen LogP contribution in [0.2, 0.25) is 0 Å². The third-order valence-electron chi connectivity index (χ3n) is 2.79. The molecule has 1 heterocycles. The van der Waals surface area contributed by atoms with E-state index in [4.69, 9.17) is 21.3 Å². The molecule has 0 saturated carbocycles. The Morgan fingerprint density at radius 2 is 2.17 bits per heavy atom. The molecule has 2 aromatic rings. The lowest BCUT2D eigenvalue weighted by Gasteiger charge is -1.98. The van der Waals surface area contributed by atoms with E-state index >= 15 is 0 Å². The summed E-state index contributed by atoms with van der Waals surface area (Å²) in [5, 5.41) is 10.5. The number of aryl methyl sites for hydroxylation is 1. The van der Waals surface area contributed by atoms with Gasteiger partial charge in [0.2, 0.25) is 0 Å². The smallest absolute Gasteiger partial charge is 0.147 e. The summed E-state index contributed by atoms with van der Waals surface area (Å²) in [5.41, 5.74) is 2.54. The van der Waals surface area contributed by atoms with E-state index in [1.54, 1.807) is 0 Å². The number of hydrogen-bond acceptors (Lipinski definition) is 2. The molecule has 1 aromatic carbocycles. The zero-order valence-electron chi connectivity index (χ0n) is 10.5. The standard InChI is InChI=1S/C15H14ClNO/c1-3-4-11(9-17)15(16)14-8-12-7-10(2)5-6-13(12)18-14/h5-8H,3-4H2,1-2H3. The van der Waals surface area contributed by atoms with Gasteiger partial charge in [-0.1, -0.05) is 36.6 Å². The first kappa shape index (κ1) is 12.7. The highest BCUT2D eigenvalue weighted by Crippen LogP contribution is 2.30. The number of fused-ring (bicyclic) bond motifs is 1. The highest BCUT2D eigenvalue weighted by atomic mass is 35.5. The molecule has 0 bridgehead atoms. The summed E-state index contributed by atoms with van der Waals surface area (Å²) >= 11 is 6.23. The molecular weight excluding hydrogens is 246 g/mol. The van der Waals surface area contributed by atoms with Gasteiger partial charge in [0.25, 0.3) is 0 Å². The van der Waals surface area contributed by atoms with Crippen LogP contribution >= 0.6 is 11.6 Å².